The van der Waals surface area contributed by atoms with E-state index in [2.05, 4.69) is 0 Å². The fourth-order valence-corrected chi connectivity index (χ4v) is 2.47. The standard InChI is InChI=1S/C16H22O4/c1-3-19-14-8-6-11(9-15(14)20-4-2)5-7-12-10-13(12)16(17)18/h6,8-9,12-13H,3-5,7,10H2,1-2H3,(H,17,18). The molecule has 1 saturated carbocycles. The molecule has 1 aromatic rings. The van der Waals surface area contributed by atoms with Crippen LogP contribution in [0.25, 0.3) is 0 Å². The Morgan fingerprint density at radius 2 is 1.95 bits per heavy atom. The van der Waals surface area contributed by atoms with Crippen LogP contribution >= 0.6 is 0 Å². The predicted molar refractivity (Wildman–Crippen MR) is 76.3 cm³/mol. The van der Waals surface area contributed by atoms with E-state index >= 15 is 0 Å². The van der Waals surface area contributed by atoms with Crippen molar-refractivity contribution >= 4 is 5.97 Å². The lowest BCUT2D eigenvalue weighted by Crippen LogP contribution is -2.01. The summed E-state index contributed by atoms with van der Waals surface area (Å²) in [4.78, 5) is 10.8. The smallest absolute Gasteiger partial charge is 0.306 e. The molecule has 1 aromatic carbocycles. The summed E-state index contributed by atoms with van der Waals surface area (Å²) in [5.74, 6) is 1.11. The minimum atomic E-state index is -0.656. The largest absolute Gasteiger partial charge is 0.490 e. The Morgan fingerprint density at radius 1 is 1.25 bits per heavy atom. The third kappa shape index (κ3) is 3.65. The molecule has 1 fully saturated rings. The fraction of sp³-hybridized carbons (Fsp3) is 0.562. The summed E-state index contributed by atoms with van der Waals surface area (Å²) in [5.41, 5.74) is 1.17. The predicted octanol–water partition coefficient (Wildman–Crippen LogP) is 3.14. The van der Waals surface area contributed by atoms with Gasteiger partial charge in [-0.15, -0.1) is 0 Å². The maximum Gasteiger partial charge on any atom is 0.306 e. The Hall–Kier alpha value is -1.71. The van der Waals surface area contributed by atoms with Gasteiger partial charge in [0, 0.05) is 0 Å². The Balaban J connectivity index is 1.94. The van der Waals surface area contributed by atoms with E-state index in [0.717, 1.165) is 30.8 Å². The van der Waals surface area contributed by atoms with E-state index < -0.39 is 5.97 Å². The molecule has 4 nitrogen and oxygen atoms in total. The minimum absolute atomic E-state index is 0.121. The van der Waals surface area contributed by atoms with Crippen LogP contribution in [-0.2, 0) is 11.2 Å². The molecule has 0 radical (unpaired) electrons. The number of benzene rings is 1. The van der Waals surface area contributed by atoms with Crippen molar-refractivity contribution in [2.45, 2.75) is 33.1 Å². The van der Waals surface area contributed by atoms with Crippen LogP contribution in [0.2, 0.25) is 0 Å². The number of hydrogen-bond donors (Lipinski definition) is 1. The quantitative estimate of drug-likeness (QED) is 0.793. The first-order chi connectivity index (χ1) is 9.65. The van der Waals surface area contributed by atoms with Crippen LogP contribution in [0.3, 0.4) is 0 Å². The van der Waals surface area contributed by atoms with Crippen LogP contribution in [0, 0.1) is 11.8 Å². The molecule has 0 aliphatic heterocycles. The van der Waals surface area contributed by atoms with Gasteiger partial charge in [0.15, 0.2) is 11.5 Å². The number of hydrogen-bond acceptors (Lipinski definition) is 3. The Bertz CT molecular complexity index is 470. The molecule has 2 unspecified atom stereocenters. The van der Waals surface area contributed by atoms with Gasteiger partial charge in [0.2, 0.25) is 0 Å². The second-order valence-electron chi connectivity index (χ2n) is 5.13. The number of rotatable bonds is 8. The van der Waals surface area contributed by atoms with Crippen molar-refractivity contribution in [1.82, 2.24) is 0 Å². The van der Waals surface area contributed by atoms with Gasteiger partial charge in [-0.2, -0.15) is 0 Å². The van der Waals surface area contributed by atoms with Crippen LogP contribution in [-0.4, -0.2) is 24.3 Å². The van der Waals surface area contributed by atoms with Gasteiger partial charge >= 0.3 is 5.97 Å². The zero-order chi connectivity index (χ0) is 14.5. The molecule has 0 spiro atoms. The zero-order valence-corrected chi connectivity index (χ0v) is 12.1. The molecule has 2 rings (SSSR count). The van der Waals surface area contributed by atoms with Crippen LogP contribution in [0.5, 0.6) is 11.5 Å². The van der Waals surface area contributed by atoms with E-state index in [1.807, 2.05) is 32.0 Å². The maximum absolute atomic E-state index is 10.8. The van der Waals surface area contributed by atoms with Crippen molar-refractivity contribution < 1.29 is 19.4 Å². The second-order valence-corrected chi connectivity index (χ2v) is 5.13. The van der Waals surface area contributed by atoms with Crippen LogP contribution in [0.4, 0.5) is 0 Å². The topological polar surface area (TPSA) is 55.8 Å². The minimum Gasteiger partial charge on any atom is -0.490 e. The molecule has 0 amide bonds. The summed E-state index contributed by atoms with van der Waals surface area (Å²) < 4.78 is 11.1. The van der Waals surface area contributed by atoms with Crippen molar-refractivity contribution in [3.05, 3.63) is 23.8 Å². The lowest BCUT2D eigenvalue weighted by Gasteiger charge is -2.12. The third-order valence-corrected chi connectivity index (χ3v) is 3.65. The van der Waals surface area contributed by atoms with Crippen molar-refractivity contribution in [2.24, 2.45) is 11.8 Å². The molecule has 1 N–H and O–H groups in total. The highest BCUT2D eigenvalue weighted by Crippen LogP contribution is 2.42. The molecule has 1 aliphatic rings. The highest BCUT2D eigenvalue weighted by atomic mass is 16.5. The summed E-state index contributed by atoms with van der Waals surface area (Å²) in [6.45, 7) is 5.11. The number of carboxylic acids is 1. The highest BCUT2D eigenvalue weighted by Gasteiger charge is 2.42. The molecule has 110 valence electrons. The Labute approximate surface area is 119 Å². The summed E-state index contributed by atoms with van der Waals surface area (Å²) in [6, 6.07) is 5.98. The zero-order valence-electron chi connectivity index (χ0n) is 12.1. The van der Waals surface area contributed by atoms with Crippen LogP contribution in [0.15, 0.2) is 18.2 Å². The van der Waals surface area contributed by atoms with Gasteiger partial charge in [0.05, 0.1) is 19.1 Å². The van der Waals surface area contributed by atoms with E-state index in [-0.39, 0.29) is 5.92 Å². The molecule has 2 atom stereocenters. The highest BCUT2D eigenvalue weighted by molar-refractivity contribution is 5.73. The van der Waals surface area contributed by atoms with Crippen molar-refractivity contribution in [3.8, 4) is 11.5 Å². The molecular weight excluding hydrogens is 256 g/mol. The van der Waals surface area contributed by atoms with Gasteiger partial charge in [0.1, 0.15) is 0 Å². The summed E-state index contributed by atoms with van der Waals surface area (Å²) in [6.07, 6.45) is 2.64. The average Bonchev–Trinajstić information content (AvgIpc) is 3.19. The van der Waals surface area contributed by atoms with Gasteiger partial charge < -0.3 is 14.6 Å². The maximum atomic E-state index is 10.8. The number of aliphatic carboxylic acids is 1. The molecule has 1 aliphatic carbocycles. The van der Waals surface area contributed by atoms with E-state index in [9.17, 15) is 4.79 Å². The van der Waals surface area contributed by atoms with Crippen molar-refractivity contribution in [1.29, 1.82) is 0 Å². The molecule has 4 heteroatoms. The Kier molecular flexibility index (Phi) is 4.88. The van der Waals surface area contributed by atoms with Gasteiger partial charge in [0.25, 0.3) is 0 Å². The molecule has 20 heavy (non-hydrogen) atoms. The van der Waals surface area contributed by atoms with Crippen LogP contribution < -0.4 is 9.47 Å². The average molecular weight is 278 g/mol. The van der Waals surface area contributed by atoms with Crippen molar-refractivity contribution in [2.75, 3.05) is 13.2 Å². The summed E-state index contributed by atoms with van der Waals surface area (Å²) >= 11 is 0. The lowest BCUT2D eigenvalue weighted by molar-refractivity contribution is -0.138. The number of carbonyl (C=O) groups is 1. The molecule has 0 aromatic heterocycles. The number of carboxylic acid groups (broad SMARTS) is 1. The lowest BCUT2D eigenvalue weighted by atomic mass is 10.1. The first-order valence-corrected chi connectivity index (χ1v) is 7.27. The second kappa shape index (κ2) is 6.64. The molecular formula is C16H22O4. The molecule has 0 bridgehead atoms. The normalized spacial score (nSPS) is 20.5. The summed E-state index contributed by atoms with van der Waals surface area (Å²) in [5, 5.41) is 8.89. The number of aryl methyl sites for hydroxylation is 1. The van der Waals surface area contributed by atoms with E-state index in [0.29, 0.717) is 19.1 Å². The van der Waals surface area contributed by atoms with Gasteiger partial charge in [-0.1, -0.05) is 6.07 Å². The van der Waals surface area contributed by atoms with Crippen LogP contribution in [0.1, 0.15) is 32.3 Å². The van der Waals surface area contributed by atoms with Gasteiger partial charge in [-0.05, 0) is 56.7 Å². The van der Waals surface area contributed by atoms with E-state index in [1.165, 1.54) is 5.56 Å². The van der Waals surface area contributed by atoms with E-state index in [1.54, 1.807) is 0 Å². The van der Waals surface area contributed by atoms with Gasteiger partial charge in [-0.3, -0.25) is 4.79 Å². The molecule has 0 saturated heterocycles. The Morgan fingerprint density at radius 3 is 2.55 bits per heavy atom. The molecule has 0 heterocycles. The first kappa shape index (κ1) is 14.7. The SMILES string of the molecule is CCOc1ccc(CCC2CC2C(=O)O)cc1OCC. The number of ether oxygens (including phenoxy) is 2. The first-order valence-electron chi connectivity index (χ1n) is 7.27. The van der Waals surface area contributed by atoms with Gasteiger partial charge in [-0.25, -0.2) is 0 Å². The van der Waals surface area contributed by atoms with E-state index in [4.69, 9.17) is 14.6 Å². The monoisotopic (exact) mass is 278 g/mol. The fourth-order valence-electron chi connectivity index (χ4n) is 2.47. The summed E-state index contributed by atoms with van der Waals surface area (Å²) in [7, 11) is 0. The third-order valence-electron chi connectivity index (χ3n) is 3.65. The van der Waals surface area contributed by atoms with Crippen molar-refractivity contribution in [3.63, 3.8) is 0 Å².